The van der Waals surface area contributed by atoms with Gasteiger partial charge in [-0.1, -0.05) is 24.3 Å². The Kier molecular flexibility index (Phi) is 4.53. The molecule has 0 spiro atoms. The summed E-state index contributed by atoms with van der Waals surface area (Å²) in [6.07, 6.45) is 11.6. The molecule has 1 amide bonds. The molecule has 5 nitrogen and oxygen atoms in total. The zero-order chi connectivity index (χ0) is 21.0. The van der Waals surface area contributed by atoms with E-state index in [1.807, 2.05) is 25.1 Å². The largest absolute Gasteiger partial charge is 0.479 e. The van der Waals surface area contributed by atoms with Crippen molar-refractivity contribution in [1.29, 1.82) is 0 Å². The predicted molar refractivity (Wildman–Crippen MR) is 116 cm³/mol. The first-order chi connectivity index (χ1) is 14.4. The summed E-state index contributed by atoms with van der Waals surface area (Å²) in [6.45, 7) is 3.58. The maximum atomic E-state index is 13.6. The van der Waals surface area contributed by atoms with Crippen LogP contribution >= 0.6 is 0 Å². The number of benzene rings is 1. The van der Waals surface area contributed by atoms with Crippen LogP contribution in [0, 0.1) is 30.6 Å². The third kappa shape index (κ3) is 2.98. The third-order valence-electron chi connectivity index (χ3n) is 8.01. The molecule has 1 unspecified atom stereocenters. The lowest BCUT2D eigenvalue weighted by molar-refractivity contribution is -0.141. The summed E-state index contributed by atoms with van der Waals surface area (Å²) in [5.74, 6) is 1.88. The van der Waals surface area contributed by atoms with E-state index in [-0.39, 0.29) is 11.9 Å². The maximum absolute atomic E-state index is 13.6. The Bertz CT molecular complexity index is 935. The van der Waals surface area contributed by atoms with E-state index in [0.29, 0.717) is 28.5 Å². The van der Waals surface area contributed by atoms with Crippen LogP contribution in [0.1, 0.15) is 60.5 Å². The van der Waals surface area contributed by atoms with Crippen LogP contribution < -0.4 is 10.6 Å². The number of carbonyl (C=O) groups excluding carboxylic acids is 1. The highest BCUT2D eigenvalue weighted by molar-refractivity contribution is 6.05. The Hall–Kier alpha value is -2.56. The van der Waals surface area contributed by atoms with E-state index in [2.05, 4.69) is 10.6 Å². The third-order valence-corrected chi connectivity index (χ3v) is 8.01. The number of carboxylic acid groups (broad SMARTS) is 1. The summed E-state index contributed by atoms with van der Waals surface area (Å²) in [4.78, 5) is 25.7. The molecular formula is C25H30N2O3. The van der Waals surface area contributed by atoms with Crippen LogP contribution in [0.4, 0.5) is 0 Å². The lowest BCUT2D eigenvalue weighted by Gasteiger charge is -2.54. The van der Waals surface area contributed by atoms with Gasteiger partial charge in [0.05, 0.1) is 0 Å². The number of dihydropyridines is 1. The molecule has 1 heterocycles. The molecule has 4 fully saturated rings. The minimum Gasteiger partial charge on any atom is -0.479 e. The fourth-order valence-electron chi connectivity index (χ4n) is 6.72. The van der Waals surface area contributed by atoms with Crippen molar-refractivity contribution in [1.82, 2.24) is 10.6 Å². The van der Waals surface area contributed by atoms with Crippen LogP contribution in [0.25, 0.3) is 5.57 Å². The van der Waals surface area contributed by atoms with Gasteiger partial charge >= 0.3 is 5.97 Å². The number of hydrogen-bond acceptors (Lipinski definition) is 3. The van der Waals surface area contributed by atoms with E-state index in [1.54, 1.807) is 25.3 Å². The highest BCUT2D eigenvalue weighted by Crippen LogP contribution is 2.53. The summed E-state index contributed by atoms with van der Waals surface area (Å²) >= 11 is 0. The molecule has 4 bridgehead atoms. The first-order valence-electron chi connectivity index (χ1n) is 11.2. The van der Waals surface area contributed by atoms with Gasteiger partial charge in [0, 0.05) is 11.6 Å². The van der Waals surface area contributed by atoms with Crippen molar-refractivity contribution in [2.45, 2.75) is 57.5 Å². The highest BCUT2D eigenvalue weighted by Gasteiger charge is 2.49. The molecule has 30 heavy (non-hydrogen) atoms. The molecule has 0 saturated heterocycles. The topological polar surface area (TPSA) is 78.4 Å². The number of hydrogen-bond donors (Lipinski definition) is 3. The Morgan fingerprint density at radius 2 is 1.77 bits per heavy atom. The van der Waals surface area contributed by atoms with Crippen LogP contribution in [0.15, 0.2) is 36.6 Å². The molecule has 4 aliphatic carbocycles. The summed E-state index contributed by atoms with van der Waals surface area (Å²) < 4.78 is 0. The number of aliphatic carboxylic acids is 1. The second-order valence-electron chi connectivity index (χ2n) is 9.94. The molecule has 5 aliphatic rings. The van der Waals surface area contributed by atoms with Gasteiger partial charge in [-0.15, -0.1) is 0 Å². The van der Waals surface area contributed by atoms with E-state index in [1.165, 1.54) is 32.1 Å². The Morgan fingerprint density at radius 3 is 2.40 bits per heavy atom. The van der Waals surface area contributed by atoms with Gasteiger partial charge in [0.2, 0.25) is 0 Å². The highest BCUT2D eigenvalue weighted by atomic mass is 16.4. The van der Waals surface area contributed by atoms with Crippen molar-refractivity contribution >= 4 is 17.4 Å². The smallest absolute Gasteiger partial charge is 0.333 e. The second kappa shape index (κ2) is 7.00. The number of nitrogens with one attached hydrogen (secondary N) is 2. The average molecular weight is 407 g/mol. The van der Waals surface area contributed by atoms with Crippen LogP contribution in [-0.4, -0.2) is 28.6 Å². The van der Waals surface area contributed by atoms with Gasteiger partial charge in [0.1, 0.15) is 0 Å². The number of carboxylic acids is 1. The molecule has 5 heteroatoms. The van der Waals surface area contributed by atoms with Crippen molar-refractivity contribution in [2.24, 2.45) is 23.7 Å². The number of amides is 1. The summed E-state index contributed by atoms with van der Waals surface area (Å²) in [5, 5.41) is 16.3. The fourth-order valence-corrected chi connectivity index (χ4v) is 6.72. The number of rotatable bonds is 4. The van der Waals surface area contributed by atoms with Crippen LogP contribution in [0.3, 0.4) is 0 Å². The zero-order valence-corrected chi connectivity index (χ0v) is 17.7. The quantitative estimate of drug-likeness (QED) is 0.709. The molecule has 1 atom stereocenters. The monoisotopic (exact) mass is 406 g/mol. The molecular weight excluding hydrogens is 376 g/mol. The fraction of sp³-hybridized carbons (Fsp3) is 0.520. The van der Waals surface area contributed by atoms with Gasteiger partial charge in [0.25, 0.3) is 5.91 Å². The molecule has 0 aromatic heterocycles. The predicted octanol–water partition coefficient (Wildman–Crippen LogP) is 3.89. The van der Waals surface area contributed by atoms with E-state index < -0.39 is 11.5 Å². The normalized spacial score (nSPS) is 36.2. The van der Waals surface area contributed by atoms with E-state index in [9.17, 15) is 14.7 Å². The molecule has 4 saturated carbocycles. The van der Waals surface area contributed by atoms with Crippen molar-refractivity contribution in [3.8, 4) is 0 Å². The van der Waals surface area contributed by atoms with Crippen LogP contribution in [-0.2, 0) is 4.79 Å². The van der Waals surface area contributed by atoms with Gasteiger partial charge in [-0.25, -0.2) is 4.79 Å². The molecule has 1 aromatic rings. The minimum atomic E-state index is -1.28. The summed E-state index contributed by atoms with van der Waals surface area (Å²) in [6, 6.07) is 5.94. The van der Waals surface area contributed by atoms with Gasteiger partial charge in [0.15, 0.2) is 5.54 Å². The van der Waals surface area contributed by atoms with Crippen LogP contribution in [0.5, 0.6) is 0 Å². The lowest BCUT2D eigenvalue weighted by Crippen LogP contribution is -2.56. The van der Waals surface area contributed by atoms with Gasteiger partial charge in [-0.2, -0.15) is 0 Å². The summed E-state index contributed by atoms with van der Waals surface area (Å²) in [5.41, 5.74) is 1.49. The van der Waals surface area contributed by atoms with Crippen LogP contribution in [0.2, 0.25) is 0 Å². The van der Waals surface area contributed by atoms with Crippen molar-refractivity contribution in [3.05, 3.63) is 53.2 Å². The second-order valence-corrected chi connectivity index (χ2v) is 9.94. The van der Waals surface area contributed by atoms with Gasteiger partial charge in [-0.3, -0.25) is 4.79 Å². The van der Waals surface area contributed by atoms with Crippen molar-refractivity contribution < 1.29 is 14.7 Å². The molecule has 6 rings (SSSR count). The zero-order valence-electron chi connectivity index (χ0n) is 17.7. The summed E-state index contributed by atoms with van der Waals surface area (Å²) in [7, 11) is 0. The van der Waals surface area contributed by atoms with Gasteiger partial charge < -0.3 is 15.7 Å². The first-order valence-corrected chi connectivity index (χ1v) is 11.2. The SMILES string of the molecule is Cc1cccc(C2=CC=CNC2(C)C(=O)O)c1C(=O)NC1C2CC3CC(C2)CC1C3. The van der Waals surface area contributed by atoms with Crippen molar-refractivity contribution in [3.63, 3.8) is 0 Å². The Morgan fingerprint density at radius 1 is 1.10 bits per heavy atom. The molecule has 158 valence electrons. The number of carbonyl (C=O) groups is 2. The average Bonchev–Trinajstić information content (AvgIpc) is 2.70. The number of allylic oxidation sites excluding steroid dienone is 2. The van der Waals surface area contributed by atoms with E-state index in [0.717, 1.165) is 17.4 Å². The van der Waals surface area contributed by atoms with E-state index in [4.69, 9.17) is 0 Å². The maximum Gasteiger partial charge on any atom is 0.333 e. The Balaban J connectivity index is 1.48. The molecule has 0 radical (unpaired) electrons. The molecule has 3 N–H and O–H groups in total. The van der Waals surface area contributed by atoms with E-state index >= 15 is 0 Å². The number of aryl methyl sites for hydroxylation is 1. The minimum absolute atomic E-state index is 0.0660. The van der Waals surface area contributed by atoms with Crippen molar-refractivity contribution in [2.75, 3.05) is 0 Å². The Labute approximate surface area is 177 Å². The van der Waals surface area contributed by atoms with Gasteiger partial charge in [-0.05, 0) is 98.6 Å². The first kappa shape index (κ1) is 19.4. The molecule has 1 aliphatic heterocycles. The standard InChI is InChI=1S/C25H30N2O3/c1-14-5-3-6-19(20-7-4-8-26-25(20,2)24(29)30)21(14)23(28)27-22-17-10-15-9-16(12-17)13-18(22)11-15/h3-8,15-18,22,26H,9-13H2,1-2H3,(H,27,28)(H,29,30). The lowest BCUT2D eigenvalue weighted by atomic mass is 9.54. The molecule has 1 aromatic carbocycles.